The summed E-state index contributed by atoms with van der Waals surface area (Å²) in [7, 11) is 0. The summed E-state index contributed by atoms with van der Waals surface area (Å²) in [5.41, 5.74) is 0.614. The molecule has 0 spiro atoms. The smallest absolute Gasteiger partial charge is 0.228 e. The van der Waals surface area contributed by atoms with Crippen LogP contribution in [0, 0.1) is 23.7 Å². The van der Waals surface area contributed by atoms with E-state index < -0.39 is 17.8 Å². The van der Waals surface area contributed by atoms with Gasteiger partial charge in [0, 0.05) is 22.6 Å². The van der Waals surface area contributed by atoms with Crippen molar-refractivity contribution in [2.24, 2.45) is 23.7 Å². The van der Waals surface area contributed by atoms with Gasteiger partial charge < -0.3 is 15.2 Å². The summed E-state index contributed by atoms with van der Waals surface area (Å²) in [6.45, 7) is 0. The molecule has 0 heterocycles. The zero-order chi connectivity index (χ0) is 14.3. The van der Waals surface area contributed by atoms with E-state index in [-0.39, 0.29) is 17.7 Å². The molecule has 104 valence electrons. The molecule has 2 aliphatic carbocycles. The lowest BCUT2D eigenvalue weighted by Crippen LogP contribution is -2.42. The number of amides is 1. The Bertz CT molecular complexity index is 581. The SMILES string of the molecule is O=C(Nc1ccc(Cl)cc1)[C@@H]1[C@@H](C(=O)[O-])[C@H]2C=C[C@@H]1C2. The lowest BCUT2D eigenvalue weighted by atomic mass is 9.82. The van der Waals surface area contributed by atoms with E-state index in [9.17, 15) is 14.7 Å². The molecule has 0 aromatic heterocycles. The summed E-state index contributed by atoms with van der Waals surface area (Å²) in [6, 6.07) is 6.73. The third-order valence-corrected chi connectivity index (χ3v) is 4.40. The summed E-state index contributed by atoms with van der Waals surface area (Å²) >= 11 is 5.78. The number of anilines is 1. The minimum Gasteiger partial charge on any atom is -0.550 e. The Morgan fingerprint density at radius 2 is 1.70 bits per heavy atom. The minimum absolute atomic E-state index is 0.00444. The van der Waals surface area contributed by atoms with Gasteiger partial charge in [-0.15, -0.1) is 0 Å². The van der Waals surface area contributed by atoms with Gasteiger partial charge in [-0.1, -0.05) is 23.8 Å². The van der Waals surface area contributed by atoms with E-state index in [1.807, 2.05) is 12.2 Å². The predicted molar refractivity (Wildman–Crippen MR) is 72.8 cm³/mol. The van der Waals surface area contributed by atoms with Gasteiger partial charge in [-0.25, -0.2) is 0 Å². The highest BCUT2D eigenvalue weighted by atomic mass is 35.5. The number of benzene rings is 1. The Morgan fingerprint density at radius 1 is 1.10 bits per heavy atom. The van der Waals surface area contributed by atoms with Crippen LogP contribution < -0.4 is 10.4 Å². The van der Waals surface area contributed by atoms with Crippen molar-refractivity contribution < 1.29 is 14.7 Å². The fraction of sp³-hybridized carbons (Fsp3) is 0.333. The predicted octanol–water partition coefficient (Wildman–Crippen LogP) is 1.47. The van der Waals surface area contributed by atoms with Gasteiger partial charge in [0.05, 0.1) is 5.92 Å². The molecule has 1 N–H and O–H groups in total. The molecule has 4 atom stereocenters. The second-order valence-corrected chi connectivity index (χ2v) is 5.75. The molecule has 0 aliphatic heterocycles. The molecular weight excluding hydrogens is 278 g/mol. The number of nitrogens with one attached hydrogen (secondary N) is 1. The van der Waals surface area contributed by atoms with Gasteiger partial charge in [0.1, 0.15) is 0 Å². The highest BCUT2D eigenvalue weighted by molar-refractivity contribution is 6.30. The van der Waals surface area contributed by atoms with Gasteiger partial charge in [-0.2, -0.15) is 0 Å². The number of carbonyl (C=O) groups excluding carboxylic acids is 2. The van der Waals surface area contributed by atoms with E-state index in [1.165, 1.54) is 0 Å². The second kappa shape index (κ2) is 4.94. The van der Waals surface area contributed by atoms with Gasteiger partial charge in [0.15, 0.2) is 0 Å². The van der Waals surface area contributed by atoms with Crippen LogP contribution in [-0.2, 0) is 9.59 Å². The molecule has 2 bridgehead atoms. The molecule has 0 unspecified atom stereocenters. The number of rotatable bonds is 3. The van der Waals surface area contributed by atoms with Crippen LogP contribution in [0.5, 0.6) is 0 Å². The Balaban J connectivity index is 1.78. The van der Waals surface area contributed by atoms with Crippen molar-refractivity contribution in [3.63, 3.8) is 0 Å². The number of carboxylic acid groups (broad SMARTS) is 1. The Kier molecular flexibility index (Phi) is 3.26. The van der Waals surface area contributed by atoms with Crippen molar-refractivity contribution in [2.75, 3.05) is 5.32 Å². The van der Waals surface area contributed by atoms with Crippen molar-refractivity contribution in [3.05, 3.63) is 41.4 Å². The van der Waals surface area contributed by atoms with Gasteiger partial charge in [0.25, 0.3) is 0 Å². The number of carbonyl (C=O) groups is 2. The minimum atomic E-state index is -1.14. The van der Waals surface area contributed by atoms with Crippen LogP contribution in [-0.4, -0.2) is 11.9 Å². The first-order valence-electron chi connectivity index (χ1n) is 6.52. The summed E-state index contributed by atoms with van der Waals surface area (Å²) in [5.74, 6) is -2.76. The van der Waals surface area contributed by atoms with E-state index in [0.29, 0.717) is 10.7 Å². The number of allylic oxidation sites excluding steroid dienone is 2. The first kappa shape index (κ1) is 13.2. The maximum absolute atomic E-state index is 12.3. The Morgan fingerprint density at radius 3 is 2.30 bits per heavy atom. The average molecular weight is 291 g/mol. The lowest BCUT2D eigenvalue weighted by molar-refractivity contribution is -0.313. The third-order valence-electron chi connectivity index (χ3n) is 4.15. The molecule has 4 nitrogen and oxygen atoms in total. The van der Waals surface area contributed by atoms with Crippen molar-refractivity contribution in [1.82, 2.24) is 0 Å². The number of carboxylic acids is 1. The topological polar surface area (TPSA) is 69.2 Å². The number of hydrogen-bond donors (Lipinski definition) is 1. The van der Waals surface area contributed by atoms with Crippen LogP contribution in [0.25, 0.3) is 0 Å². The largest absolute Gasteiger partial charge is 0.550 e. The van der Waals surface area contributed by atoms with Crippen molar-refractivity contribution in [3.8, 4) is 0 Å². The molecule has 0 radical (unpaired) electrons. The second-order valence-electron chi connectivity index (χ2n) is 5.32. The first-order chi connectivity index (χ1) is 9.56. The van der Waals surface area contributed by atoms with Gasteiger partial charge >= 0.3 is 0 Å². The van der Waals surface area contributed by atoms with Crippen LogP contribution in [0.3, 0.4) is 0 Å². The van der Waals surface area contributed by atoms with Crippen LogP contribution in [0.4, 0.5) is 5.69 Å². The van der Waals surface area contributed by atoms with E-state index in [4.69, 9.17) is 11.6 Å². The first-order valence-corrected chi connectivity index (χ1v) is 6.89. The van der Waals surface area contributed by atoms with E-state index in [1.54, 1.807) is 24.3 Å². The maximum Gasteiger partial charge on any atom is 0.228 e. The van der Waals surface area contributed by atoms with E-state index >= 15 is 0 Å². The fourth-order valence-electron chi connectivity index (χ4n) is 3.26. The summed E-state index contributed by atoms with van der Waals surface area (Å²) in [6.07, 6.45) is 4.55. The van der Waals surface area contributed by atoms with Crippen molar-refractivity contribution in [1.29, 1.82) is 0 Å². The van der Waals surface area contributed by atoms with E-state index in [0.717, 1.165) is 6.42 Å². The average Bonchev–Trinajstić information content (AvgIpc) is 3.01. The fourth-order valence-corrected chi connectivity index (χ4v) is 3.39. The molecule has 1 aromatic carbocycles. The van der Waals surface area contributed by atoms with Gasteiger partial charge in [0.2, 0.25) is 5.91 Å². The van der Waals surface area contributed by atoms with Crippen LogP contribution in [0.1, 0.15) is 6.42 Å². The van der Waals surface area contributed by atoms with Crippen molar-refractivity contribution in [2.45, 2.75) is 6.42 Å². The summed E-state index contributed by atoms with van der Waals surface area (Å²) in [5, 5.41) is 14.6. The number of hydrogen-bond acceptors (Lipinski definition) is 3. The molecule has 2 aliphatic rings. The molecule has 3 rings (SSSR count). The highest BCUT2D eigenvalue weighted by Crippen LogP contribution is 2.48. The maximum atomic E-state index is 12.3. The number of fused-ring (bicyclic) bond motifs is 2. The van der Waals surface area contributed by atoms with Crippen molar-refractivity contribution >= 4 is 29.2 Å². The standard InChI is InChI=1S/C15H14ClNO3/c16-10-3-5-11(6-4-10)17-14(18)12-8-1-2-9(7-8)13(12)15(19)20/h1-6,8-9,12-13H,7H2,(H,17,18)(H,19,20)/p-1/t8-,9+,12+,13+/m1/s1. The van der Waals surface area contributed by atoms with Crippen LogP contribution in [0.15, 0.2) is 36.4 Å². The zero-order valence-corrected chi connectivity index (χ0v) is 11.3. The quantitative estimate of drug-likeness (QED) is 0.857. The van der Waals surface area contributed by atoms with Crippen LogP contribution >= 0.6 is 11.6 Å². The zero-order valence-electron chi connectivity index (χ0n) is 10.6. The Hall–Kier alpha value is -1.81. The third kappa shape index (κ3) is 2.20. The summed E-state index contributed by atoms with van der Waals surface area (Å²) < 4.78 is 0. The molecule has 1 aromatic rings. The molecule has 1 saturated carbocycles. The number of halogens is 1. The summed E-state index contributed by atoms with van der Waals surface area (Å²) in [4.78, 5) is 23.6. The molecular formula is C15H13ClNO3-. The van der Waals surface area contributed by atoms with Gasteiger partial charge in [-0.05, 0) is 42.5 Å². The molecule has 5 heteroatoms. The number of aliphatic carboxylic acids is 1. The Labute approximate surface area is 121 Å². The van der Waals surface area contributed by atoms with E-state index in [2.05, 4.69) is 5.32 Å². The lowest BCUT2D eigenvalue weighted by Gasteiger charge is -2.27. The molecule has 0 saturated heterocycles. The monoisotopic (exact) mass is 290 g/mol. The van der Waals surface area contributed by atoms with Gasteiger partial charge in [-0.3, -0.25) is 4.79 Å². The molecule has 20 heavy (non-hydrogen) atoms. The van der Waals surface area contributed by atoms with Crippen LogP contribution in [0.2, 0.25) is 5.02 Å². The normalized spacial score (nSPS) is 30.4. The molecule has 1 amide bonds. The highest BCUT2D eigenvalue weighted by Gasteiger charge is 2.48. The molecule has 1 fully saturated rings.